The van der Waals surface area contributed by atoms with Crippen LogP contribution >= 0.6 is 11.8 Å². The molecule has 2 aliphatic rings. The van der Waals surface area contributed by atoms with Gasteiger partial charge in [-0.1, -0.05) is 48.5 Å². The van der Waals surface area contributed by atoms with E-state index in [2.05, 4.69) is 17.4 Å². The SMILES string of the molecule is O=C1NC(=O)C(=Cc2ccc3c(c2)CCC(Cc2ccccc2)C3=O)S1. The van der Waals surface area contributed by atoms with Crippen LogP contribution in [0.4, 0.5) is 4.79 Å². The first-order valence-corrected chi connectivity index (χ1v) is 9.38. The summed E-state index contributed by atoms with van der Waals surface area (Å²) in [5.74, 6) is -0.155. The van der Waals surface area contributed by atoms with Crippen molar-refractivity contribution in [3.8, 4) is 0 Å². The second kappa shape index (κ2) is 6.92. The first-order valence-electron chi connectivity index (χ1n) is 8.56. The molecule has 1 fully saturated rings. The van der Waals surface area contributed by atoms with Crippen LogP contribution in [0.1, 0.15) is 33.5 Å². The minimum atomic E-state index is -0.364. The predicted octanol–water partition coefficient (Wildman–Crippen LogP) is 4.00. The Morgan fingerprint density at radius 3 is 2.62 bits per heavy atom. The Morgan fingerprint density at radius 2 is 1.88 bits per heavy atom. The molecule has 2 amide bonds. The molecule has 1 unspecified atom stereocenters. The molecule has 2 aromatic carbocycles. The topological polar surface area (TPSA) is 63.2 Å². The number of nitrogens with one attached hydrogen (secondary N) is 1. The smallest absolute Gasteiger partial charge is 0.290 e. The molecule has 2 aromatic rings. The number of rotatable bonds is 3. The van der Waals surface area contributed by atoms with E-state index < -0.39 is 0 Å². The Kier molecular flexibility index (Phi) is 4.47. The second-order valence-electron chi connectivity index (χ2n) is 6.56. The Labute approximate surface area is 155 Å². The summed E-state index contributed by atoms with van der Waals surface area (Å²) < 4.78 is 0. The number of imide groups is 1. The van der Waals surface area contributed by atoms with Gasteiger partial charge in [0.2, 0.25) is 0 Å². The van der Waals surface area contributed by atoms with Gasteiger partial charge in [-0.15, -0.1) is 0 Å². The maximum Gasteiger partial charge on any atom is 0.290 e. The number of Topliss-reactive ketones (excluding diaryl/α,β-unsaturated/α-hetero) is 1. The maximum atomic E-state index is 12.8. The molecule has 1 aliphatic carbocycles. The van der Waals surface area contributed by atoms with Crippen molar-refractivity contribution in [3.05, 3.63) is 75.7 Å². The zero-order valence-electron chi connectivity index (χ0n) is 14.0. The lowest BCUT2D eigenvalue weighted by atomic mass is 9.79. The van der Waals surface area contributed by atoms with Crippen LogP contribution in [-0.2, 0) is 17.6 Å². The van der Waals surface area contributed by atoms with Gasteiger partial charge in [0, 0.05) is 11.5 Å². The number of amides is 2. The molecule has 5 heteroatoms. The maximum absolute atomic E-state index is 12.8. The highest BCUT2D eigenvalue weighted by Gasteiger charge is 2.28. The molecule has 4 nitrogen and oxygen atoms in total. The van der Waals surface area contributed by atoms with Crippen LogP contribution in [0.25, 0.3) is 6.08 Å². The minimum Gasteiger partial charge on any atom is -0.294 e. The van der Waals surface area contributed by atoms with Crippen molar-refractivity contribution in [2.45, 2.75) is 19.3 Å². The van der Waals surface area contributed by atoms with Crippen LogP contribution < -0.4 is 5.32 Å². The molecule has 130 valence electrons. The van der Waals surface area contributed by atoms with E-state index in [-0.39, 0.29) is 22.8 Å². The molecule has 0 saturated carbocycles. The fraction of sp³-hybridized carbons (Fsp3) is 0.190. The van der Waals surface area contributed by atoms with Crippen LogP contribution in [0, 0.1) is 5.92 Å². The Morgan fingerprint density at radius 1 is 1.08 bits per heavy atom. The summed E-state index contributed by atoms with van der Waals surface area (Å²) in [6.07, 6.45) is 4.14. The summed E-state index contributed by atoms with van der Waals surface area (Å²) in [6.45, 7) is 0. The minimum absolute atomic E-state index is 0.0166. The highest BCUT2D eigenvalue weighted by molar-refractivity contribution is 8.18. The number of carbonyl (C=O) groups excluding carboxylic acids is 3. The summed E-state index contributed by atoms with van der Waals surface area (Å²) in [5, 5.41) is 1.90. The molecule has 1 heterocycles. The van der Waals surface area contributed by atoms with Crippen molar-refractivity contribution in [3.63, 3.8) is 0 Å². The lowest BCUT2D eigenvalue weighted by molar-refractivity contribution is -0.115. The lowest BCUT2D eigenvalue weighted by Crippen LogP contribution is -2.24. The number of hydrogen-bond acceptors (Lipinski definition) is 4. The Hall–Kier alpha value is -2.66. The van der Waals surface area contributed by atoms with Crippen molar-refractivity contribution in [1.29, 1.82) is 0 Å². The number of ketones is 1. The Balaban J connectivity index is 1.55. The van der Waals surface area contributed by atoms with Crippen molar-refractivity contribution in [2.75, 3.05) is 0 Å². The monoisotopic (exact) mass is 363 g/mol. The van der Waals surface area contributed by atoms with Gasteiger partial charge in [-0.25, -0.2) is 0 Å². The average molecular weight is 363 g/mol. The normalized spacial score (nSPS) is 21.0. The summed E-state index contributed by atoms with van der Waals surface area (Å²) in [4.78, 5) is 36.2. The molecule has 1 saturated heterocycles. The molecule has 0 aromatic heterocycles. The van der Waals surface area contributed by atoms with Crippen molar-refractivity contribution in [2.24, 2.45) is 5.92 Å². The zero-order chi connectivity index (χ0) is 18.1. The molecular weight excluding hydrogens is 346 g/mol. The number of carbonyl (C=O) groups is 3. The first-order chi connectivity index (χ1) is 12.6. The van der Waals surface area contributed by atoms with E-state index in [1.165, 1.54) is 5.56 Å². The second-order valence-corrected chi connectivity index (χ2v) is 7.57. The Bertz CT molecular complexity index is 934. The summed E-state index contributed by atoms with van der Waals surface area (Å²) >= 11 is 0.903. The highest BCUT2D eigenvalue weighted by atomic mass is 32.2. The van der Waals surface area contributed by atoms with Crippen LogP contribution in [-0.4, -0.2) is 16.9 Å². The van der Waals surface area contributed by atoms with Crippen molar-refractivity contribution < 1.29 is 14.4 Å². The summed E-state index contributed by atoms with van der Waals surface area (Å²) in [7, 11) is 0. The number of aryl methyl sites for hydroxylation is 1. The van der Waals surface area contributed by atoms with Crippen LogP contribution in [0.15, 0.2) is 53.4 Å². The van der Waals surface area contributed by atoms with Gasteiger partial charge in [-0.2, -0.15) is 0 Å². The largest absolute Gasteiger partial charge is 0.294 e. The molecule has 1 atom stereocenters. The molecule has 1 aliphatic heterocycles. The van der Waals surface area contributed by atoms with Crippen molar-refractivity contribution in [1.82, 2.24) is 5.32 Å². The number of thioether (sulfide) groups is 1. The van der Waals surface area contributed by atoms with Gasteiger partial charge in [0.15, 0.2) is 5.78 Å². The summed E-state index contributed by atoms with van der Waals surface area (Å²) in [6, 6.07) is 15.7. The molecule has 0 spiro atoms. The highest BCUT2D eigenvalue weighted by Crippen LogP contribution is 2.31. The van der Waals surface area contributed by atoms with E-state index in [0.29, 0.717) is 4.91 Å². The van der Waals surface area contributed by atoms with Gasteiger partial charge in [0.25, 0.3) is 11.1 Å². The first kappa shape index (κ1) is 16.8. The van der Waals surface area contributed by atoms with Crippen LogP contribution in [0.2, 0.25) is 0 Å². The van der Waals surface area contributed by atoms with Gasteiger partial charge in [0.05, 0.1) is 4.91 Å². The average Bonchev–Trinajstić information content (AvgIpc) is 2.95. The molecule has 26 heavy (non-hydrogen) atoms. The van der Waals surface area contributed by atoms with E-state index in [0.717, 1.165) is 47.7 Å². The van der Waals surface area contributed by atoms with Gasteiger partial charge in [-0.05, 0) is 53.8 Å². The number of hydrogen-bond donors (Lipinski definition) is 1. The molecule has 0 radical (unpaired) electrons. The lowest BCUT2D eigenvalue weighted by Gasteiger charge is -2.23. The van der Waals surface area contributed by atoms with Gasteiger partial charge < -0.3 is 0 Å². The van der Waals surface area contributed by atoms with E-state index in [1.54, 1.807) is 6.08 Å². The van der Waals surface area contributed by atoms with E-state index >= 15 is 0 Å². The fourth-order valence-electron chi connectivity index (χ4n) is 3.50. The number of benzene rings is 2. The van der Waals surface area contributed by atoms with Crippen LogP contribution in [0.3, 0.4) is 0 Å². The van der Waals surface area contributed by atoms with E-state index in [9.17, 15) is 14.4 Å². The quantitative estimate of drug-likeness (QED) is 0.838. The van der Waals surface area contributed by atoms with E-state index in [4.69, 9.17) is 0 Å². The number of fused-ring (bicyclic) bond motifs is 1. The zero-order valence-corrected chi connectivity index (χ0v) is 14.8. The van der Waals surface area contributed by atoms with Gasteiger partial charge in [-0.3, -0.25) is 19.7 Å². The summed E-state index contributed by atoms with van der Waals surface area (Å²) in [5.41, 5.74) is 3.82. The molecule has 4 rings (SSSR count). The van der Waals surface area contributed by atoms with Gasteiger partial charge >= 0.3 is 0 Å². The molecular formula is C21H17NO3S. The third kappa shape index (κ3) is 3.35. The molecule has 0 bridgehead atoms. The van der Waals surface area contributed by atoms with Crippen molar-refractivity contribution >= 4 is 34.8 Å². The standard InChI is InChI=1S/C21H17NO3S/c23-19-16(10-13-4-2-1-3-5-13)8-7-15-11-14(6-9-17(15)19)12-18-20(24)22-21(25)26-18/h1-6,9,11-12,16H,7-8,10H2,(H,22,24,25). The van der Waals surface area contributed by atoms with E-state index in [1.807, 2.05) is 36.4 Å². The third-order valence-corrected chi connectivity index (χ3v) is 5.60. The third-order valence-electron chi connectivity index (χ3n) is 4.79. The molecule has 1 N–H and O–H groups in total. The predicted molar refractivity (Wildman–Crippen MR) is 102 cm³/mol. The van der Waals surface area contributed by atoms with Gasteiger partial charge in [0.1, 0.15) is 0 Å². The van der Waals surface area contributed by atoms with Crippen LogP contribution in [0.5, 0.6) is 0 Å². The fourth-order valence-corrected chi connectivity index (χ4v) is 4.18.